The van der Waals surface area contributed by atoms with Crippen molar-refractivity contribution < 1.29 is 46.0 Å². The van der Waals surface area contributed by atoms with Gasteiger partial charge in [-0.25, -0.2) is 0 Å². The average Bonchev–Trinajstić information content (AvgIpc) is 1.12. The van der Waals surface area contributed by atoms with Crippen LogP contribution in [-0.2, 0) is 20.8 Å². The molecule has 0 bridgehead atoms. The van der Waals surface area contributed by atoms with Crippen LogP contribution in [0, 0.1) is 0 Å². The summed E-state index contributed by atoms with van der Waals surface area (Å²) in [6.07, 6.45) is 0. The summed E-state index contributed by atoms with van der Waals surface area (Å²) in [4.78, 5) is 0. The van der Waals surface area contributed by atoms with Crippen LogP contribution in [0.4, 0.5) is 0 Å². The maximum atomic E-state index is 8.74. The summed E-state index contributed by atoms with van der Waals surface area (Å²) < 4.78 is 63.2. The van der Waals surface area contributed by atoms with Crippen molar-refractivity contribution in [3.05, 3.63) is 0 Å². The Bertz CT molecular complexity index is 214. The SMILES string of the molecule is O.O.O=S(=O)(O)O.O=S(=O)(O)O.[AlH3].[CaH2]. The van der Waals surface area contributed by atoms with E-state index < -0.39 is 20.8 Å². The van der Waals surface area contributed by atoms with Gasteiger partial charge >= 0.3 is 58.5 Å². The molecule has 14 heteroatoms. The number of rotatable bonds is 0. The normalized spacial score (nSPS) is 8.29. The van der Waals surface area contributed by atoms with Crippen molar-refractivity contribution in [1.29, 1.82) is 0 Å². The van der Waals surface area contributed by atoms with E-state index in [0.29, 0.717) is 0 Å². The van der Waals surface area contributed by atoms with Crippen LogP contribution in [0.25, 0.3) is 0 Å². The average molecular weight is 304 g/mol. The van der Waals surface area contributed by atoms with Crippen LogP contribution in [0.15, 0.2) is 0 Å². The molecular formula is H13AlCaO10S2. The molecule has 90 valence electrons. The Hall–Kier alpha value is 1.45. The van der Waals surface area contributed by atoms with Gasteiger partial charge in [0.15, 0.2) is 17.4 Å². The molecule has 10 nitrogen and oxygen atoms in total. The molecule has 0 spiro atoms. The van der Waals surface area contributed by atoms with Crippen molar-refractivity contribution in [3.63, 3.8) is 0 Å². The predicted octanol–water partition coefficient (Wildman–Crippen LogP) is -5.06. The van der Waals surface area contributed by atoms with Gasteiger partial charge in [0, 0.05) is 0 Å². The van der Waals surface area contributed by atoms with Gasteiger partial charge in [-0.15, -0.1) is 0 Å². The van der Waals surface area contributed by atoms with Crippen LogP contribution < -0.4 is 0 Å². The molecule has 0 radical (unpaired) electrons. The zero-order valence-electron chi connectivity index (χ0n) is 5.24. The summed E-state index contributed by atoms with van der Waals surface area (Å²) in [5.41, 5.74) is 0. The van der Waals surface area contributed by atoms with Crippen LogP contribution in [0.3, 0.4) is 0 Å². The Kier molecular flexibility index (Phi) is 37.3. The summed E-state index contributed by atoms with van der Waals surface area (Å²) >= 11 is 0. The predicted molar refractivity (Wildman–Crippen MR) is 54.1 cm³/mol. The first kappa shape index (κ1) is 36.1. The summed E-state index contributed by atoms with van der Waals surface area (Å²) in [6.45, 7) is 0. The Morgan fingerprint density at radius 2 is 0.643 bits per heavy atom. The fourth-order valence-electron chi connectivity index (χ4n) is 0. The van der Waals surface area contributed by atoms with Gasteiger partial charge in [-0.3, -0.25) is 18.2 Å². The topological polar surface area (TPSA) is 212 Å². The molecule has 0 aliphatic heterocycles. The van der Waals surface area contributed by atoms with Crippen molar-refractivity contribution in [2.45, 2.75) is 0 Å². The molecule has 0 saturated carbocycles. The standard InChI is InChI=1S/Al.Ca.2H2O4S.2H2O.5H/c;;2*1-5(2,3)4;;;;;;;/h;;2*(H2,1,2,3,4);2*1H2;;;;;. The van der Waals surface area contributed by atoms with E-state index >= 15 is 0 Å². The second-order valence-corrected chi connectivity index (χ2v) is 2.69. The molecule has 0 rings (SSSR count). The quantitative estimate of drug-likeness (QED) is 0.250. The molecule has 0 aromatic rings. The van der Waals surface area contributed by atoms with Crippen molar-refractivity contribution in [2.75, 3.05) is 0 Å². The molecule has 14 heavy (non-hydrogen) atoms. The van der Waals surface area contributed by atoms with E-state index in [1.165, 1.54) is 0 Å². The molecule has 0 aliphatic rings. The minimum atomic E-state index is -4.67. The summed E-state index contributed by atoms with van der Waals surface area (Å²) in [5.74, 6) is 0. The minimum absolute atomic E-state index is 0. The van der Waals surface area contributed by atoms with Gasteiger partial charge in [0.05, 0.1) is 0 Å². The molecule has 8 N–H and O–H groups in total. The van der Waals surface area contributed by atoms with E-state index in [0.717, 1.165) is 0 Å². The van der Waals surface area contributed by atoms with Crippen LogP contribution in [0.5, 0.6) is 0 Å². The van der Waals surface area contributed by atoms with Gasteiger partial charge in [0.2, 0.25) is 0 Å². The fourth-order valence-corrected chi connectivity index (χ4v) is 0. The van der Waals surface area contributed by atoms with Crippen LogP contribution >= 0.6 is 0 Å². The van der Waals surface area contributed by atoms with Gasteiger partial charge < -0.3 is 11.0 Å². The zero-order valence-corrected chi connectivity index (χ0v) is 6.87. The molecule has 0 aromatic carbocycles. The third kappa shape index (κ3) is 989. The van der Waals surface area contributed by atoms with Crippen molar-refractivity contribution in [3.8, 4) is 0 Å². The molecule has 0 saturated heterocycles. The fraction of sp³-hybridized carbons (Fsp3) is 0. The second-order valence-electron chi connectivity index (χ2n) is 0.896. The molecule has 0 heterocycles. The van der Waals surface area contributed by atoms with Crippen molar-refractivity contribution in [1.82, 2.24) is 0 Å². The van der Waals surface area contributed by atoms with E-state index in [1.54, 1.807) is 0 Å². The Morgan fingerprint density at radius 1 is 0.643 bits per heavy atom. The molecule has 0 fully saturated rings. The summed E-state index contributed by atoms with van der Waals surface area (Å²) in [6, 6.07) is 0. The van der Waals surface area contributed by atoms with Gasteiger partial charge in [-0.2, -0.15) is 16.8 Å². The summed E-state index contributed by atoms with van der Waals surface area (Å²) in [7, 11) is -9.33. The molecule has 0 atom stereocenters. The van der Waals surface area contributed by atoms with E-state index in [2.05, 4.69) is 0 Å². The third-order valence-electron chi connectivity index (χ3n) is 0. The van der Waals surface area contributed by atoms with Gasteiger partial charge in [-0.05, 0) is 0 Å². The van der Waals surface area contributed by atoms with Crippen LogP contribution in [0.1, 0.15) is 0 Å². The molecular weight excluding hydrogens is 291 g/mol. The van der Waals surface area contributed by atoms with E-state index in [-0.39, 0.29) is 66.1 Å². The first-order chi connectivity index (χ1) is 4.00. The zero-order chi connectivity index (χ0) is 9.00. The van der Waals surface area contributed by atoms with Gasteiger partial charge in [-0.1, -0.05) is 0 Å². The third-order valence-corrected chi connectivity index (χ3v) is 0. The van der Waals surface area contributed by atoms with E-state index in [1.807, 2.05) is 0 Å². The Balaban J connectivity index is -0.0000000178. The maximum absolute atomic E-state index is 8.74. The van der Waals surface area contributed by atoms with Crippen molar-refractivity contribution >= 4 is 75.9 Å². The molecule has 0 unspecified atom stereocenters. The van der Waals surface area contributed by atoms with Crippen LogP contribution in [0.2, 0.25) is 0 Å². The van der Waals surface area contributed by atoms with Gasteiger partial charge in [0.1, 0.15) is 0 Å². The summed E-state index contributed by atoms with van der Waals surface area (Å²) in [5, 5.41) is 0. The second kappa shape index (κ2) is 14.5. The van der Waals surface area contributed by atoms with E-state index in [9.17, 15) is 0 Å². The number of hydrogen-bond acceptors (Lipinski definition) is 4. The Labute approximate surface area is 121 Å². The monoisotopic (exact) mass is 304 g/mol. The first-order valence-electron chi connectivity index (χ1n) is 1.40. The first-order valence-corrected chi connectivity index (χ1v) is 4.19. The van der Waals surface area contributed by atoms with Gasteiger partial charge in [0.25, 0.3) is 0 Å². The van der Waals surface area contributed by atoms with Crippen LogP contribution in [-0.4, -0.2) is 101 Å². The Morgan fingerprint density at radius 3 is 0.643 bits per heavy atom. The molecule has 0 aliphatic carbocycles. The number of hydrogen-bond donors (Lipinski definition) is 4. The molecule has 0 amide bonds. The molecule has 0 aromatic heterocycles. The van der Waals surface area contributed by atoms with E-state index in [4.69, 9.17) is 35.0 Å². The van der Waals surface area contributed by atoms with Crippen molar-refractivity contribution in [2.24, 2.45) is 0 Å².